The van der Waals surface area contributed by atoms with Crippen LogP contribution in [0.2, 0.25) is 0 Å². The number of rotatable bonds is 1. The van der Waals surface area contributed by atoms with Crippen molar-refractivity contribution in [3.63, 3.8) is 0 Å². The van der Waals surface area contributed by atoms with Gasteiger partial charge in [-0.05, 0) is 30.5 Å². The molecule has 0 atom stereocenters. The normalized spacial score (nSPS) is 14.4. The summed E-state index contributed by atoms with van der Waals surface area (Å²) in [5.41, 5.74) is 1.31. The number of ether oxygens (including phenoxy) is 1. The molecule has 0 radical (unpaired) electrons. The summed E-state index contributed by atoms with van der Waals surface area (Å²) < 4.78 is 4.60. The summed E-state index contributed by atoms with van der Waals surface area (Å²) in [6.45, 7) is 0. The molecule has 0 aliphatic heterocycles. The predicted molar refractivity (Wildman–Crippen MR) is 56.7 cm³/mol. The summed E-state index contributed by atoms with van der Waals surface area (Å²) in [5.74, 6) is -0.641. The second kappa shape index (κ2) is 3.96. The Bertz CT molecular complexity index is 462. The number of carbonyl (C=O) groups excluding carboxylic acids is 2. The number of methoxy groups -OCH3 is 1. The monoisotopic (exact) mass is 220 g/mol. The van der Waals surface area contributed by atoms with Crippen LogP contribution in [0.25, 0.3) is 0 Å². The lowest BCUT2D eigenvalue weighted by atomic mass is 9.87. The fourth-order valence-corrected chi connectivity index (χ4v) is 2.05. The maximum absolute atomic E-state index is 11.7. The minimum atomic E-state index is -0.581. The molecule has 0 bridgehead atoms. The first-order chi connectivity index (χ1) is 7.63. The Balaban J connectivity index is 2.63. The Morgan fingerprint density at radius 2 is 2.12 bits per heavy atom. The van der Waals surface area contributed by atoms with Gasteiger partial charge in [0.2, 0.25) is 0 Å². The lowest BCUT2D eigenvalue weighted by Crippen LogP contribution is -2.17. The van der Waals surface area contributed by atoms with Gasteiger partial charge < -0.3 is 9.84 Å². The van der Waals surface area contributed by atoms with Gasteiger partial charge in [0.15, 0.2) is 5.78 Å². The summed E-state index contributed by atoms with van der Waals surface area (Å²) in [4.78, 5) is 23.2. The van der Waals surface area contributed by atoms with Gasteiger partial charge in [0, 0.05) is 12.0 Å². The number of fused-ring (bicyclic) bond motifs is 1. The van der Waals surface area contributed by atoms with E-state index in [9.17, 15) is 14.7 Å². The van der Waals surface area contributed by atoms with Crippen LogP contribution in [0.4, 0.5) is 0 Å². The average molecular weight is 220 g/mol. The van der Waals surface area contributed by atoms with E-state index in [1.807, 2.05) is 0 Å². The van der Waals surface area contributed by atoms with E-state index in [0.717, 1.165) is 12.0 Å². The molecule has 0 aromatic heterocycles. The van der Waals surface area contributed by atoms with Crippen molar-refractivity contribution in [1.29, 1.82) is 0 Å². The Morgan fingerprint density at radius 3 is 2.81 bits per heavy atom. The zero-order valence-corrected chi connectivity index (χ0v) is 8.95. The number of hydrogen-bond donors (Lipinski definition) is 1. The summed E-state index contributed by atoms with van der Waals surface area (Å²) in [6, 6.07) is 2.83. The van der Waals surface area contributed by atoms with E-state index in [1.54, 1.807) is 6.07 Å². The first-order valence-corrected chi connectivity index (χ1v) is 5.11. The van der Waals surface area contributed by atoms with Crippen LogP contribution < -0.4 is 0 Å². The Labute approximate surface area is 92.8 Å². The molecule has 1 aliphatic rings. The second-order valence-electron chi connectivity index (χ2n) is 3.80. The lowest BCUT2D eigenvalue weighted by molar-refractivity contribution is 0.0595. The molecule has 0 saturated heterocycles. The summed E-state index contributed by atoms with van der Waals surface area (Å²) in [6.07, 6.45) is 1.91. The van der Waals surface area contributed by atoms with E-state index in [2.05, 4.69) is 4.74 Å². The lowest BCUT2D eigenvalue weighted by Gasteiger charge is -2.17. The van der Waals surface area contributed by atoms with Crippen molar-refractivity contribution in [2.75, 3.05) is 7.11 Å². The molecule has 16 heavy (non-hydrogen) atoms. The zero-order valence-electron chi connectivity index (χ0n) is 8.95. The number of ketones is 1. The first kappa shape index (κ1) is 10.7. The summed E-state index contributed by atoms with van der Waals surface area (Å²) in [7, 11) is 1.26. The molecule has 0 fully saturated rings. The third kappa shape index (κ3) is 1.66. The molecule has 0 unspecified atom stereocenters. The number of aryl methyl sites for hydroxylation is 1. The SMILES string of the molecule is COC(=O)c1cc(O)cc2c1C(=O)CCC2. The molecule has 0 amide bonds. The highest BCUT2D eigenvalue weighted by atomic mass is 16.5. The van der Waals surface area contributed by atoms with Crippen molar-refractivity contribution in [3.05, 3.63) is 28.8 Å². The van der Waals surface area contributed by atoms with Crippen molar-refractivity contribution in [2.45, 2.75) is 19.3 Å². The minimum Gasteiger partial charge on any atom is -0.508 e. The smallest absolute Gasteiger partial charge is 0.338 e. The molecule has 1 aromatic rings. The van der Waals surface area contributed by atoms with Crippen molar-refractivity contribution in [2.24, 2.45) is 0 Å². The van der Waals surface area contributed by atoms with Gasteiger partial charge in [0.1, 0.15) is 5.75 Å². The van der Waals surface area contributed by atoms with Crippen LogP contribution in [-0.4, -0.2) is 24.0 Å². The molecular weight excluding hydrogens is 208 g/mol. The second-order valence-corrected chi connectivity index (χ2v) is 3.80. The zero-order chi connectivity index (χ0) is 11.7. The van der Waals surface area contributed by atoms with Gasteiger partial charge in [-0.3, -0.25) is 4.79 Å². The molecule has 2 rings (SSSR count). The highest BCUT2D eigenvalue weighted by molar-refractivity contribution is 6.08. The maximum Gasteiger partial charge on any atom is 0.338 e. The van der Waals surface area contributed by atoms with Crippen LogP contribution in [0, 0.1) is 0 Å². The molecule has 0 saturated carbocycles. The third-order valence-corrected chi connectivity index (χ3v) is 2.74. The van der Waals surface area contributed by atoms with Gasteiger partial charge in [0.25, 0.3) is 0 Å². The van der Waals surface area contributed by atoms with E-state index >= 15 is 0 Å². The number of phenols is 1. The van der Waals surface area contributed by atoms with Crippen LogP contribution >= 0.6 is 0 Å². The number of carbonyl (C=O) groups is 2. The number of phenolic OH excluding ortho intramolecular Hbond substituents is 1. The topological polar surface area (TPSA) is 63.6 Å². The largest absolute Gasteiger partial charge is 0.508 e. The van der Waals surface area contributed by atoms with Crippen LogP contribution in [0.15, 0.2) is 12.1 Å². The average Bonchev–Trinajstić information content (AvgIpc) is 2.27. The number of benzene rings is 1. The fourth-order valence-electron chi connectivity index (χ4n) is 2.05. The van der Waals surface area contributed by atoms with Crippen molar-refractivity contribution in [3.8, 4) is 5.75 Å². The van der Waals surface area contributed by atoms with Crippen LogP contribution in [0.3, 0.4) is 0 Å². The molecule has 1 aliphatic carbocycles. The highest BCUT2D eigenvalue weighted by Gasteiger charge is 2.25. The van der Waals surface area contributed by atoms with Crippen LogP contribution in [0.5, 0.6) is 5.75 Å². The predicted octanol–water partition coefficient (Wildman–Crippen LogP) is 1.70. The number of esters is 1. The van der Waals surface area contributed by atoms with Gasteiger partial charge in [-0.15, -0.1) is 0 Å². The van der Waals surface area contributed by atoms with Gasteiger partial charge in [-0.25, -0.2) is 4.79 Å². The number of Topliss-reactive ketones (excluding diaryl/α,β-unsaturated/α-hetero) is 1. The Morgan fingerprint density at radius 1 is 1.38 bits per heavy atom. The maximum atomic E-state index is 11.7. The quantitative estimate of drug-likeness (QED) is 0.731. The Hall–Kier alpha value is -1.84. The van der Waals surface area contributed by atoms with E-state index in [4.69, 9.17) is 0 Å². The summed E-state index contributed by atoms with van der Waals surface area (Å²) >= 11 is 0. The highest BCUT2D eigenvalue weighted by Crippen LogP contribution is 2.29. The third-order valence-electron chi connectivity index (χ3n) is 2.74. The van der Waals surface area contributed by atoms with Crippen molar-refractivity contribution in [1.82, 2.24) is 0 Å². The molecule has 1 aromatic carbocycles. The van der Waals surface area contributed by atoms with E-state index in [1.165, 1.54) is 13.2 Å². The number of hydrogen-bond acceptors (Lipinski definition) is 4. The molecule has 84 valence electrons. The van der Waals surface area contributed by atoms with Crippen LogP contribution in [-0.2, 0) is 11.2 Å². The van der Waals surface area contributed by atoms with E-state index in [0.29, 0.717) is 18.4 Å². The molecule has 4 heteroatoms. The van der Waals surface area contributed by atoms with Gasteiger partial charge in [0.05, 0.1) is 12.7 Å². The molecule has 4 nitrogen and oxygen atoms in total. The molecule has 0 spiro atoms. The van der Waals surface area contributed by atoms with Gasteiger partial charge >= 0.3 is 5.97 Å². The van der Waals surface area contributed by atoms with E-state index < -0.39 is 5.97 Å². The van der Waals surface area contributed by atoms with E-state index in [-0.39, 0.29) is 17.1 Å². The number of aromatic hydroxyl groups is 1. The summed E-state index contributed by atoms with van der Waals surface area (Å²) in [5, 5.41) is 9.48. The van der Waals surface area contributed by atoms with Gasteiger partial charge in [-0.1, -0.05) is 0 Å². The first-order valence-electron chi connectivity index (χ1n) is 5.11. The Kier molecular flexibility index (Phi) is 2.64. The fraction of sp³-hybridized carbons (Fsp3) is 0.333. The van der Waals surface area contributed by atoms with Gasteiger partial charge in [-0.2, -0.15) is 0 Å². The van der Waals surface area contributed by atoms with Crippen LogP contribution in [0.1, 0.15) is 39.1 Å². The molecule has 1 N–H and O–H groups in total. The van der Waals surface area contributed by atoms with Crippen molar-refractivity contribution >= 4 is 11.8 Å². The standard InChI is InChI=1S/C12H12O4/c1-16-12(15)9-6-8(13)5-7-3-2-4-10(14)11(7)9/h5-6,13H,2-4H2,1H3. The van der Waals surface area contributed by atoms with Crippen molar-refractivity contribution < 1.29 is 19.4 Å². The molecular formula is C12H12O4. The molecule has 0 heterocycles. The minimum absolute atomic E-state index is 0.00569.